The lowest BCUT2D eigenvalue weighted by Gasteiger charge is -2.18. The van der Waals surface area contributed by atoms with E-state index in [1.54, 1.807) is 0 Å². The molecule has 0 spiro atoms. The summed E-state index contributed by atoms with van der Waals surface area (Å²) in [6.45, 7) is 2.34. The maximum atomic E-state index is 13.4. The zero-order valence-corrected chi connectivity index (χ0v) is 16.0. The smallest absolute Gasteiger partial charge is 0.125 e. The van der Waals surface area contributed by atoms with Crippen LogP contribution in [0.1, 0.15) is 23.8 Å². The van der Waals surface area contributed by atoms with Gasteiger partial charge in [0.25, 0.3) is 0 Å². The molecule has 4 aromatic rings. The fourth-order valence-electron chi connectivity index (χ4n) is 4.06. The van der Waals surface area contributed by atoms with Gasteiger partial charge in [-0.05, 0) is 72.2 Å². The number of halogens is 1. The predicted molar refractivity (Wildman–Crippen MR) is 112 cm³/mol. The summed E-state index contributed by atoms with van der Waals surface area (Å²) in [7, 11) is 0. The van der Waals surface area contributed by atoms with Crippen LogP contribution in [0, 0.1) is 11.7 Å². The second-order valence-electron chi connectivity index (χ2n) is 7.46. The Bertz CT molecular complexity index is 1110. The monoisotopic (exact) mass is 373 g/mol. The Balaban J connectivity index is 1.79. The van der Waals surface area contributed by atoms with Crippen LogP contribution in [0.15, 0.2) is 60.7 Å². The van der Waals surface area contributed by atoms with Gasteiger partial charge in [0.2, 0.25) is 0 Å². The Morgan fingerprint density at radius 3 is 2.56 bits per heavy atom. The average Bonchev–Trinajstić information content (AvgIpc) is 3.05. The SMILES string of the molecule is CC1CCc2c(sc3nc(-c4ccc(F)cc4)cc(-c4ccccc4)c23)C1. The summed E-state index contributed by atoms with van der Waals surface area (Å²) in [5.41, 5.74) is 5.81. The topological polar surface area (TPSA) is 12.9 Å². The molecule has 1 nitrogen and oxygen atoms in total. The first kappa shape index (κ1) is 16.6. The van der Waals surface area contributed by atoms with Gasteiger partial charge in [0.05, 0.1) is 5.69 Å². The first-order valence-corrected chi connectivity index (χ1v) is 10.3. The second-order valence-corrected chi connectivity index (χ2v) is 8.54. The number of hydrogen-bond acceptors (Lipinski definition) is 2. The minimum Gasteiger partial charge on any atom is -0.237 e. The molecule has 3 heteroatoms. The Morgan fingerprint density at radius 1 is 1.00 bits per heavy atom. The van der Waals surface area contributed by atoms with E-state index >= 15 is 0 Å². The van der Waals surface area contributed by atoms with E-state index in [9.17, 15) is 4.39 Å². The number of thiophene rings is 1. The standard InChI is InChI=1S/C24H20FNS/c1-15-7-12-19-22(13-15)27-24-23(19)20(16-5-3-2-4-6-16)14-21(26-24)17-8-10-18(25)11-9-17/h2-6,8-11,14-15H,7,12-13H2,1H3. The molecule has 0 radical (unpaired) electrons. The lowest BCUT2D eigenvalue weighted by molar-refractivity contribution is 0.509. The summed E-state index contributed by atoms with van der Waals surface area (Å²) in [6, 6.07) is 19.4. The lowest BCUT2D eigenvalue weighted by atomic mass is 9.87. The van der Waals surface area contributed by atoms with E-state index in [1.165, 1.54) is 45.5 Å². The van der Waals surface area contributed by atoms with Gasteiger partial charge in [-0.15, -0.1) is 11.3 Å². The minimum absolute atomic E-state index is 0.219. The first-order valence-electron chi connectivity index (χ1n) is 9.45. The number of nitrogens with zero attached hydrogens (tertiary/aromatic N) is 1. The Hall–Kier alpha value is -2.52. The minimum atomic E-state index is -0.219. The molecular formula is C24H20FNS. The molecule has 0 aliphatic heterocycles. The van der Waals surface area contributed by atoms with E-state index in [4.69, 9.17) is 4.98 Å². The highest BCUT2D eigenvalue weighted by Gasteiger charge is 2.23. The zero-order valence-electron chi connectivity index (χ0n) is 15.2. The summed E-state index contributed by atoms with van der Waals surface area (Å²) < 4.78 is 13.4. The van der Waals surface area contributed by atoms with Gasteiger partial charge in [-0.2, -0.15) is 0 Å². The van der Waals surface area contributed by atoms with Crippen LogP contribution in [0.3, 0.4) is 0 Å². The van der Waals surface area contributed by atoms with Gasteiger partial charge in [0, 0.05) is 15.8 Å². The van der Waals surface area contributed by atoms with E-state index in [-0.39, 0.29) is 5.82 Å². The molecular weight excluding hydrogens is 353 g/mol. The van der Waals surface area contributed by atoms with Crippen LogP contribution in [0.2, 0.25) is 0 Å². The van der Waals surface area contributed by atoms with Gasteiger partial charge in [-0.25, -0.2) is 9.37 Å². The van der Waals surface area contributed by atoms with Gasteiger partial charge >= 0.3 is 0 Å². The molecule has 0 saturated heterocycles. The molecule has 2 aromatic heterocycles. The molecule has 0 bridgehead atoms. The van der Waals surface area contributed by atoms with Crippen molar-refractivity contribution < 1.29 is 4.39 Å². The molecule has 2 heterocycles. The van der Waals surface area contributed by atoms with Crippen molar-refractivity contribution in [1.29, 1.82) is 0 Å². The van der Waals surface area contributed by atoms with Gasteiger partial charge in [0.1, 0.15) is 10.6 Å². The number of benzene rings is 2. The molecule has 2 aromatic carbocycles. The molecule has 0 amide bonds. The van der Waals surface area contributed by atoms with Gasteiger partial charge in [0.15, 0.2) is 0 Å². The van der Waals surface area contributed by atoms with E-state index in [0.717, 1.165) is 34.8 Å². The Morgan fingerprint density at radius 2 is 1.78 bits per heavy atom. The fourth-order valence-corrected chi connectivity index (χ4v) is 5.47. The second kappa shape index (κ2) is 6.58. The number of pyridine rings is 1. The highest BCUT2D eigenvalue weighted by atomic mass is 32.1. The van der Waals surface area contributed by atoms with E-state index in [0.29, 0.717) is 0 Å². The van der Waals surface area contributed by atoms with Crippen molar-refractivity contribution in [1.82, 2.24) is 4.98 Å². The Kier molecular flexibility index (Phi) is 4.05. The zero-order chi connectivity index (χ0) is 18.4. The van der Waals surface area contributed by atoms with Crippen molar-refractivity contribution in [2.75, 3.05) is 0 Å². The van der Waals surface area contributed by atoms with Crippen LogP contribution in [0.5, 0.6) is 0 Å². The van der Waals surface area contributed by atoms with Crippen molar-refractivity contribution >= 4 is 21.6 Å². The highest BCUT2D eigenvalue weighted by Crippen LogP contribution is 2.43. The maximum absolute atomic E-state index is 13.4. The predicted octanol–water partition coefficient (Wildman–Crippen LogP) is 6.89. The maximum Gasteiger partial charge on any atom is 0.125 e. The Labute approximate surface area is 162 Å². The van der Waals surface area contributed by atoms with Crippen LogP contribution in [0.25, 0.3) is 32.6 Å². The van der Waals surface area contributed by atoms with Crippen LogP contribution in [0.4, 0.5) is 4.39 Å². The third kappa shape index (κ3) is 2.96. The van der Waals surface area contributed by atoms with Gasteiger partial charge < -0.3 is 0 Å². The molecule has 0 saturated carbocycles. The molecule has 1 unspecified atom stereocenters. The number of fused-ring (bicyclic) bond motifs is 3. The van der Waals surface area contributed by atoms with E-state index in [2.05, 4.69) is 37.3 Å². The van der Waals surface area contributed by atoms with Crippen molar-refractivity contribution in [3.05, 3.63) is 76.9 Å². The molecule has 27 heavy (non-hydrogen) atoms. The largest absolute Gasteiger partial charge is 0.237 e. The van der Waals surface area contributed by atoms with Crippen LogP contribution in [-0.4, -0.2) is 4.98 Å². The summed E-state index contributed by atoms with van der Waals surface area (Å²) in [6.07, 6.45) is 3.52. The van der Waals surface area contributed by atoms with Gasteiger partial charge in [-0.1, -0.05) is 37.3 Å². The quantitative estimate of drug-likeness (QED) is 0.373. The van der Waals surface area contributed by atoms with Crippen molar-refractivity contribution in [2.24, 2.45) is 5.92 Å². The molecule has 0 fully saturated rings. The normalized spacial score (nSPS) is 16.4. The highest BCUT2D eigenvalue weighted by molar-refractivity contribution is 7.19. The van der Waals surface area contributed by atoms with Crippen molar-refractivity contribution in [2.45, 2.75) is 26.2 Å². The first-order chi connectivity index (χ1) is 13.2. The third-order valence-electron chi connectivity index (χ3n) is 5.49. The van der Waals surface area contributed by atoms with Crippen LogP contribution in [-0.2, 0) is 12.8 Å². The fraction of sp³-hybridized carbons (Fsp3) is 0.208. The summed E-state index contributed by atoms with van der Waals surface area (Å²) in [4.78, 5) is 7.58. The molecule has 5 rings (SSSR count). The summed E-state index contributed by atoms with van der Waals surface area (Å²) in [5.74, 6) is 0.519. The molecule has 134 valence electrons. The van der Waals surface area contributed by atoms with Crippen LogP contribution >= 0.6 is 11.3 Å². The third-order valence-corrected chi connectivity index (χ3v) is 6.64. The number of hydrogen-bond donors (Lipinski definition) is 0. The summed E-state index contributed by atoms with van der Waals surface area (Å²) in [5, 5.41) is 1.32. The van der Waals surface area contributed by atoms with Crippen molar-refractivity contribution in [3.63, 3.8) is 0 Å². The number of rotatable bonds is 2. The molecule has 0 N–H and O–H groups in total. The summed E-state index contributed by atoms with van der Waals surface area (Å²) >= 11 is 1.84. The average molecular weight is 373 g/mol. The van der Waals surface area contributed by atoms with E-state index < -0.39 is 0 Å². The number of aryl methyl sites for hydroxylation is 1. The van der Waals surface area contributed by atoms with Crippen molar-refractivity contribution in [3.8, 4) is 22.4 Å². The van der Waals surface area contributed by atoms with Gasteiger partial charge in [-0.3, -0.25) is 0 Å². The molecule has 1 atom stereocenters. The number of aromatic nitrogens is 1. The molecule has 1 aliphatic rings. The lowest BCUT2D eigenvalue weighted by Crippen LogP contribution is -2.08. The molecule has 1 aliphatic carbocycles. The van der Waals surface area contributed by atoms with Crippen LogP contribution < -0.4 is 0 Å². The van der Waals surface area contributed by atoms with E-state index in [1.807, 2.05) is 29.5 Å².